The minimum absolute atomic E-state index is 0.156. The SMILES string of the molecule is CCn1c(-c2cccnc2C(C)OC)c(CC(C)(C)COC=O)c2cc(-c3cccc(CC(NC(=O)C(C(C)C)N(C)C=O)C(=O)N4CCCCN4)c3)ccc21.CN(C)C(F)(F)C#CC(=O)N1CCCC1. The van der Waals surface area contributed by atoms with E-state index in [2.05, 4.69) is 72.5 Å². The van der Waals surface area contributed by atoms with Gasteiger partial charge >= 0.3 is 6.05 Å². The molecule has 4 heterocycles. The van der Waals surface area contributed by atoms with Crippen LogP contribution in [0.5, 0.6) is 0 Å². The number of ether oxygens (including phenoxy) is 2. The zero-order valence-electron chi connectivity index (χ0n) is 43.0. The largest absolute Gasteiger partial charge is 0.467 e. The molecule has 6 rings (SSSR count). The molecular formula is C54H72F2N8O7. The summed E-state index contributed by atoms with van der Waals surface area (Å²) in [5.41, 5.74) is 10.8. The van der Waals surface area contributed by atoms with Gasteiger partial charge < -0.3 is 29.2 Å². The number of hydrazine groups is 1. The number of benzene rings is 2. The molecule has 0 bridgehead atoms. The Bertz CT molecular complexity index is 2540. The van der Waals surface area contributed by atoms with Crippen LogP contribution < -0.4 is 10.7 Å². The molecule has 0 saturated carbocycles. The monoisotopic (exact) mass is 983 g/mol. The third kappa shape index (κ3) is 14.2. The Morgan fingerprint density at radius 2 is 1.66 bits per heavy atom. The van der Waals surface area contributed by atoms with E-state index in [9.17, 15) is 32.8 Å². The minimum atomic E-state index is -3.24. The molecule has 2 aliphatic rings. The highest BCUT2D eigenvalue weighted by atomic mass is 19.3. The zero-order chi connectivity index (χ0) is 52.0. The average Bonchev–Trinajstić information content (AvgIpc) is 4.01. The Morgan fingerprint density at radius 3 is 2.28 bits per heavy atom. The molecule has 3 atom stereocenters. The number of likely N-dealkylation sites (N-methyl/N-ethyl adjacent to an activating group) is 1. The van der Waals surface area contributed by atoms with Crippen molar-refractivity contribution in [3.05, 3.63) is 77.6 Å². The van der Waals surface area contributed by atoms with Gasteiger partial charge in [0, 0.05) is 87.3 Å². The summed E-state index contributed by atoms with van der Waals surface area (Å²) >= 11 is 0. The predicted molar refractivity (Wildman–Crippen MR) is 270 cm³/mol. The summed E-state index contributed by atoms with van der Waals surface area (Å²) < 4.78 is 39.3. The summed E-state index contributed by atoms with van der Waals surface area (Å²) in [5.74, 6) is 2.44. The van der Waals surface area contributed by atoms with Crippen molar-refractivity contribution in [2.24, 2.45) is 11.3 Å². The highest BCUT2D eigenvalue weighted by Gasteiger charge is 2.34. The molecule has 17 heteroatoms. The van der Waals surface area contributed by atoms with Crippen LogP contribution in [0.1, 0.15) is 90.2 Å². The number of alkyl halides is 2. The van der Waals surface area contributed by atoms with Crippen LogP contribution in [-0.2, 0) is 52.8 Å². The number of nitrogens with one attached hydrogen (secondary N) is 2. The first-order valence-corrected chi connectivity index (χ1v) is 24.4. The van der Waals surface area contributed by atoms with Gasteiger partial charge in [-0.3, -0.25) is 34.0 Å². The number of aryl methyl sites for hydroxylation is 1. The van der Waals surface area contributed by atoms with Crippen molar-refractivity contribution in [3.63, 3.8) is 0 Å². The molecule has 4 aromatic rings. The van der Waals surface area contributed by atoms with Crippen molar-refractivity contribution in [2.75, 3.05) is 61.0 Å². The van der Waals surface area contributed by atoms with Crippen LogP contribution in [0, 0.1) is 23.2 Å². The van der Waals surface area contributed by atoms with E-state index in [0.29, 0.717) is 50.4 Å². The molecule has 2 saturated heterocycles. The van der Waals surface area contributed by atoms with E-state index in [1.54, 1.807) is 31.3 Å². The van der Waals surface area contributed by atoms with Gasteiger partial charge in [-0.25, -0.2) is 10.3 Å². The summed E-state index contributed by atoms with van der Waals surface area (Å²) in [4.78, 5) is 70.2. The zero-order valence-corrected chi connectivity index (χ0v) is 43.0. The van der Waals surface area contributed by atoms with Crippen molar-refractivity contribution in [3.8, 4) is 34.2 Å². The molecule has 3 unspecified atom stereocenters. The maximum Gasteiger partial charge on any atom is 0.369 e. The molecule has 0 aliphatic carbocycles. The summed E-state index contributed by atoms with van der Waals surface area (Å²) in [7, 11) is 5.70. The Hall–Kier alpha value is -6.22. The molecule has 15 nitrogen and oxygen atoms in total. The number of carbonyl (C=O) groups excluding carboxylic acids is 5. The molecule has 4 amide bonds. The van der Waals surface area contributed by atoms with Crippen LogP contribution in [0.25, 0.3) is 33.3 Å². The predicted octanol–water partition coefficient (Wildman–Crippen LogP) is 6.87. The van der Waals surface area contributed by atoms with Gasteiger partial charge in [0.05, 0.1) is 24.1 Å². The van der Waals surface area contributed by atoms with E-state index in [4.69, 9.17) is 14.5 Å². The minimum Gasteiger partial charge on any atom is -0.467 e. The maximum absolute atomic E-state index is 14.0. The first kappa shape index (κ1) is 55.7. The number of rotatable bonds is 19. The Morgan fingerprint density at radius 1 is 0.958 bits per heavy atom. The third-order valence-corrected chi connectivity index (χ3v) is 13.0. The van der Waals surface area contributed by atoms with E-state index in [-0.39, 0.29) is 42.3 Å². The number of hydrogen-bond acceptors (Lipinski definition) is 10. The summed E-state index contributed by atoms with van der Waals surface area (Å²) in [6.45, 7) is 16.1. The van der Waals surface area contributed by atoms with E-state index >= 15 is 0 Å². The fraction of sp³-hybridized carbons (Fsp3) is 0.519. The van der Waals surface area contributed by atoms with Gasteiger partial charge in [0.25, 0.3) is 18.3 Å². The van der Waals surface area contributed by atoms with E-state index in [1.807, 2.05) is 44.9 Å². The summed E-state index contributed by atoms with van der Waals surface area (Å²) in [6, 6.07) is 13.8. The maximum atomic E-state index is 14.0. The molecule has 2 aliphatic heterocycles. The third-order valence-electron chi connectivity index (χ3n) is 13.0. The van der Waals surface area contributed by atoms with Crippen molar-refractivity contribution in [1.29, 1.82) is 0 Å². The van der Waals surface area contributed by atoms with Crippen LogP contribution in [0.2, 0.25) is 0 Å². The van der Waals surface area contributed by atoms with Crippen LogP contribution >= 0.6 is 0 Å². The first-order chi connectivity index (χ1) is 33.8. The normalized spacial score (nSPS) is 15.3. The Balaban J connectivity index is 0.000000533. The van der Waals surface area contributed by atoms with Crippen LogP contribution in [-0.4, -0.2) is 139 Å². The van der Waals surface area contributed by atoms with E-state index in [1.165, 1.54) is 23.9 Å². The van der Waals surface area contributed by atoms with Crippen LogP contribution in [0.4, 0.5) is 8.78 Å². The van der Waals surface area contributed by atoms with E-state index < -0.39 is 24.0 Å². The highest BCUT2D eigenvalue weighted by Crippen LogP contribution is 2.42. The number of fused-ring (bicyclic) bond motifs is 1. The Labute approximate surface area is 417 Å². The number of nitrogens with zero attached hydrogens (tertiary/aromatic N) is 6. The van der Waals surface area contributed by atoms with Crippen molar-refractivity contribution in [2.45, 2.75) is 111 Å². The van der Waals surface area contributed by atoms with Gasteiger partial charge in [0.15, 0.2) is 0 Å². The number of carbonyl (C=O) groups is 5. The van der Waals surface area contributed by atoms with Crippen molar-refractivity contribution >= 4 is 41.5 Å². The second-order valence-corrected chi connectivity index (χ2v) is 19.6. The quantitative estimate of drug-likeness (QED) is 0.0577. The number of amides is 4. The lowest BCUT2D eigenvalue weighted by Crippen LogP contribution is -2.58. The van der Waals surface area contributed by atoms with Crippen molar-refractivity contribution < 1.29 is 42.2 Å². The van der Waals surface area contributed by atoms with Crippen molar-refractivity contribution in [1.82, 2.24) is 40.0 Å². The number of halogens is 2. The van der Waals surface area contributed by atoms with Gasteiger partial charge in [0.1, 0.15) is 12.1 Å². The topological polar surface area (TPSA) is 159 Å². The van der Waals surface area contributed by atoms with Crippen LogP contribution in [0.3, 0.4) is 0 Å². The fourth-order valence-corrected chi connectivity index (χ4v) is 9.16. The number of aromatic nitrogens is 2. The molecule has 2 fully saturated rings. The van der Waals surface area contributed by atoms with Gasteiger partial charge in [-0.1, -0.05) is 58.0 Å². The Kier molecular flexibility index (Phi) is 19.8. The number of pyridine rings is 1. The second kappa shape index (κ2) is 25.2. The smallest absolute Gasteiger partial charge is 0.369 e. The molecular weight excluding hydrogens is 911 g/mol. The molecule has 0 radical (unpaired) electrons. The fourth-order valence-electron chi connectivity index (χ4n) is 9.16. The molecule has 384 valence electrons. The molecule has 2 aromatic heterocycles. The van der Waals surface area contributed by atoms with E-state index in [0.717, 1.165) is 82.3 Å². The summed E-state index contributed by atoms with van der Waals surface area (Å²) in [5, 5.41) is 5.71. The average molecular weight is 983 g/mol. The number of likely N-dealkylation sites (tertiary alicyclic amines) is 1. The number of methoxy groups -OCH3 is 1. The van der Waals surface area contributed by atoms with Gasteiger partial charge in [0.2, 0.25) is 12.3 Å². The number of hydrogen-bond donors (Lipinski definition) is 2. The molecule has 2 aromatic carbocycles. The lowest BCUT2D eigenvalue weighted by molar-refractivity contribution is -0.142. The highest BCUT2D eigenvalue weighted by molar-refractivity contribution is 5.96. The lowest BCUT2D eigenvalue weighted by Gasteiger charge is -2.33. The first-order valence-electron chi connectivity index (χ1n) is 24.4. The standard InChI is InChI=1S/C44H58N6O6.C10H14F2N2O/c1-9-49-38-18-17-33(24-35(38)36(25-44(5,6)26-56-28-52)41(49)34-16-13-19-45-39(34)30(4)55-8)32-15-12-14-31(22-32)23-37(43(54)50-21-11-10-20-46-50)47-42(53)40(29(2)3)48(7)27-51;1-13(2)10(11,12)6-5-9(15)14-7-3-4-8-14/h12-19,22,24,27-30,37,40,46H,9-11,20-21,23,25-26H2,1-8H3,(H,47,53);3-4,7-8H2,1-2H3. The summed E-state index contributed by atoms with van der Waals surface area (Å²) in [6.07, 6.45) is 6.79. The lowest BCUT2D eigenvalue weighted by atomic mass is 9.84. The van der Waals surface area contributed by atoms with Gasteiger partial charge in [-0.15, -0.1) is 0 Å². The molecule has 0 spiro atoms. The molecule has 71 heavy (non-hydrogen) atoms. The van der Waals surface area contributed by atoms with Gasteiger partial charge in [-0.05, 0) is 118 Å². The molecule has 2 N–H and O–H groups in total. The van der Waals surface area contributed by atoms with Crippen LogP contribution in [0.15, 0.2) is 60.8 Å². The second-order valence-electron chi connectivity index (χ2n) is 19.6. The van der Waals surface area contributed by atoms with Gasteiger partial charge in [-0.2, -0.15) is 8.78 Å².